The van der Waals surface area contributed by atoms with E-state index >= 15 is 0 Å². The van der Waals surface area contributed by atoms with Gasteiger partial charge in [0.2, 0.25) is 0 Å². The van der Waals surface area contributed by atoms with Gasteiger partial charge < -0.3 is 21.1 Å². The lowest BCUT2D eigenvalue weighted by atomic mass is 10.2. The molecule has 0 radical (unpaired) electrons. The third-order valence-corrected chi connectivity index (χ3v) is 3.36. The first-order chi connectivity index (χ1) is 6.95. The molecular weight excluding hydrogens is 229 g/mol. The van der Waals surface area contributed by atoms with Crippen molar-refractivity contribution in [3.8, 4) is 0 Å². The largest absolute Gasteiger partial charge is 0.480 e. The first-order valence-corrected chi connectivity index (χ1v) is 5.76. The molecule has 0 aromatic carbocycles. The molecule has 0 aliphatic heterocycles. The topological polar surface area (TPSA) is 139 Å². The molecule has 8 nitrogen and oxygen atoms in total. The van der Waals surface area contributed by atoms with Crippen LogP contribution in [0.2, 0.25) is 0 Å². The zero-order valence-corrected chi connectivity index (χ0v) is 8.80. The van der Waals surface area contributed by atoms with Crippen LogP contribution in [0.5, 0.6) is 0 Å². The second kappa shape index (κ2) is 6.89. The first kappa shape index (κ1) is 14.5. The van der Waals surface area contributed by atoms with Gasteiger partial charge in [-0.3, -0.25) is 18.4 Å². The van der Waals surface area contributed by atoms with E-state index in [4.69, 9.17) is 21.1 Å². The molecule has 90 valence electrons. The zero-order chi connectivity index (χ0) is 11.9. The van der Waals surface area contributed by atoms with E-state index in [0.29, 0.717) is 0 Å². The van der Waals surface area contributed by atoms with Gasteiger partial charge in [-0.15, -0.1) is 0 Å². The lowest BCUT2D eigenvalue weighted by Gasteiger charge is -2.16. The second-order valence-electron chi connectivity index (χ2n) is 2.58. The summed E-state index contributed by atoms with van der Waals surface area (Å²) in [6, 6.07) is -1.19. The average Bonchev–Trinajstić information content (AvgIpc) is 2.15. The van der Waals surface area contributed by atoms with Gasteiger partial charge in [-0.2, -0.15) is 0 Å². The number of carboxylic acid groups (broad SMARTS) is 1. The summed E-state index contributed by atoms with van der Waals surface area (Å²) in [4.78, 5) is 10.3. The molecule has 1 unspecified atom stereocenters. The summed E-state index contributed by atoms with van der Waals surface area (Å²) in [6.07, 6.45) is -0.436. The fourth-order valence-electron chi connectivity index (χ4n) is 0.763. The number of rotatable bonds is 8. The van der Waals surface area contributed by atoms with Crippen LogP contribution in [0.1, 0.15) is 6.42 Å². The van der Waals surface area contributed by atoms with Crippen LogP contribution in [0.25, 0.3) is 0 Å². The first-order valence-electron chi connectivity index (χ1n) is 4.03. The van der Waals surface area contributed by atoms with Gasteiger partial charge >= 0.3 is 13.6 Å². The molecule has 0 spiro atoms. The quantitative estimate of drug-likeness (QED) is 0.311. The van der Waals surface area contributed by atoms with Gasteiger partial charge in [0.05, 0.1) is 6.16 Å². The molecule has 0 aromatic rings. The Bertz CT molecular complexity index is 236. The SMILES string of the molecule is NC(CCP(=O)(OCO)OCO)C(=O)O. The normalized spacial score (nSPS) is 13.8. The van der Waals surface area contributed by atoms with Crippen LogP contribution in [-0.4, -0.2) is 47.1 Å². The predicted molar refractivity (Wildman–Crippen MR) is 49.0 cm³/mol. The highest BCUT2D eigenvalue weighted by Gasteiger charge is 2.26. The molecule has 5 N–H and O–H groups in total. The maximum atomic E-state index is 11.5. The summed E-state index contributed by atoms with van der Waals surface area (Å²) < 4.78 is 20.3. The van der Waals surface area contributed by atoms with Crippen molar-refractivity contribution < 1.29 is 33.7 Å². The third-order valence-electron chi connectivity index (χ3n) is 1.54. The molecule has 0 aliphatic carbocycles. The number of nitrogens with two attached hydrogens (primary N) is 1. The van der Waals surface area contributed by atoms with Crippen LogP contribution in [-0.2, 0) is 18.4 Å². The van der Waals surface area contributed by atoms with Crippen molar-refractivity contribution in [1.29, 1.82) is 0 Å². The Labute approximate surface area is 86.1 Å². The van der Waals surface area contributed by atoms with E-state index < -0.39 is 33.2 Å². The molecule has 0 aliphatic rings. The van der Waals surface area contributed by atoms with Crippen molar-refractivity contribution in [1.82, 2.24) is 0 Å². The maximum absolute atomic E-state index is 11.5. The van der Waals surface area contributed by atoms with Crippen LogP contribution >= 0.6 is 7.60 Å². The van der Waals surface area contributed by atoms with E-state index in [1.165, 1.54) is 0 Å². The lowest BCUT2D eigenvalue weighted by Crippen LogP contribution is -2.31. The summed E-state index contributed by atoms with van der Waals surface area (Å²) in [5, 5.41) is 25.2. The Balaban J connectivity index is 4.18. The second-order valence-corrected chi connectivity index (χ2v) is 4.77. The average molecular weight is 243 g/mol. The minimum absolute atomic E-state index is 0.146. The molecule has 15 heavy (non-hydrogen) atoms. The van der Waals surface area contributed by atoms with Crippen LogP contribution in [0.15, 0.2) is 0 Å². The Hall–Kier alpha value is -0.500. The molecule has 1 atom stereocenters. The summed E-state index contributed by atoms with van der Waals surface area (Å²) in [5.41, 5.74) is 5.16. The Morgan fingerprint density at radius 1 is 1.33 bits per heavy atom. The summed E-state index contributed by atoms with van der Waals surface area (Å²) >= 11 is 0. The smallest absolute Gasteiger partial charge is 0.334 e. The predicted octanol–water partition coefficient (Wildman–Crippen LogP) is -1.09. The number of carboxylic acids is 1. The van der Waals surface area contributed by atoms with Gasteiger partial charge in [0.15, 0.2) is 13.6 Å². The molecule has 0 fully saturated rings. The van der Waals surface area contributed by atoms with Gasteiger partial charge in [0.25, 0.3) is 0 Å². The zero-order valence-electron chi connectivity index (χ0n) is 7.90. The van der Waals surface area contributed by atoms with Crippen molar-refractivity contribution in [3.63, 3.8) is 0 Å². The number of aliphatic hydroxyl groups is 2. The monoisotopic (exact) mass is 243 g/mol. The van der Waals surface area contributed by atoms with E-state index in [1.54, 1.807) is 0 Å². The van der Waals surface area contributed by atoms with Crippen molar-refractivity contribution in [2.75, 3.05) is 19.7 Å². The molecule has 0 bridgehead atoms. The number of hydrogen-bond acceptors (Lipinski definition) is 7. The molecule has 0 rings (SSSR count). The lowest BCUT2D eigenvalue weighted by molar-refractivity contribution is -0.138. The van der Waals surface area contributed by atoms with E-state index in [2.05, 4.69) is 9.05 Å². The summed E-state index contributed by atoms with van der Waals surface area (Å²) in [5.74, 6) is -1.24. The minimum Gasteiger partial charge on any atom is -0.480 e. The molecule has 0 amide bonds. The molecule has 0 aromatic heterocycles. The van der Waals surface area contributed by atoms with E-state index in [9.17, 15) is 9.36 Å². The molecule has 0 saturated carbocycles. The van der Waals surface area contributed by atoms with E-state index in [0.717, 1.165) is 0 Å². The standard InChI is InChI=1S/C6H14NO7P/c7-5(6(10)11)1-2-15(12,13-3-8)14-4-9/h5,8-9H,1-4,7H2,(H,10,11). The van der Waals surface area contributed by atoms with E-state index in [1.807, 2.05) is 0 Å². The number of hydrogen-bond donors (Lipinski definition) is 4. The third kappa shape index (κ3) is 5.83. The Kier molecular flexibility index (Phi) is 6.66. The van der Waals surface area contributed by atoms with Crippen LogP contribution in [0.4, 0.5) is 0 Å². The highest BCUT2D eigenvalue weighted by molar-refractivity contribution is 7.53. The van der Waals surface area contributed by atoms with Crippen LogP contribution in [0, 0.1) is 0 Å². The van der Waals surface area contributed by atoms with Crippen molar-refractivity contribution in [2.24, 2.45) is 5.73 Å². The van der Waals surface area contributed by atoms with Gasteiger partial charge in [0, 0.05) is 0 Å². The summed E-state index contributed by atoms with van der Waals surface area (Å²) in [7, 11) is -3.66. The minimum atomic E-state index is -3.66. The summed E-state index contributed by atoms with van der Waals surface area (Å²) in [6.45, 7) is -1.70. The fourth-order valence-corrected chi connectivity index (χ4v) is 2.04. The highest BCUT2D eigenvalue weighted by atomic mass is 31.2. The van der Waals surface area contributed by atoms with Crippen molar-refractivity contribution >= 4 is 13.6 Å². The van der Waals surface area contributed by atoms with Gasteiger partial charge in [-0.05, 0) is 6.42 Å². The maximum Gasteiger partial charge on any atom is 0.334 e. The van der Waals surface area contributed by atoms with Crippen molar-refractivity contribution in [2.45, 2.75) is 12.5 Å². The highest BCUT2D eigenvalue weighted by Crippen LogP contribution is 2.48. The number of aliphatic hydroxyl groups excluding tert-OH is 2. The molecule has 0 heterocycles. The van der Waals surface area contributed by atoms with Gasteiger partial charge in [-0.1, -0.05) is 0 Å². The number of carbonyl (C=O) groups is 1. The van der Waals surface area contributed by atoms with Gasteiger partial charge in [0.1, 0.15) is 6.04 Å². The van der Waals surface area contributed by atoms with Crippen LogP contribution < -0.4 is 5.73 Å². The van der Waals surface area contributed by atoms with E-state index in [-0.39, 0.29) is 12.6 Å². The number of aliphatic carboxylic acids is 1. The molecular formula is C6H14NO7P. The molecule has 9 heteroatoms. The van der Waals surface area contributed by atoms with Crippen molar-refractivity contribution in [3.05, 3.63) is 0 Å². The Morgan fingerprint density at radius 2 is 1.80 bits per heavy atom. The van der Waals surface area contributed by atoms with Crippen LogP contribution in [0.3, 0.4) is 0 Å². The Morgan fingerprint density at radius 3 is 2.13 bits per heavy atom. The van der Waals surface area contributed by atoms with Gasteiger partial charge in [-0.25, -0.2) is 0 Å². The fraction of sp³-hybridized carbons (Fsp3) is 0.833. The molecule has 0 saturated heterocycles.